The number of ether oxygens (including phenoxy) is 5. The molecule has 122 heavy (non-hydrogen) atoms. The van der Waals surface area contributed by atoms with Crippen LogP contribution in [0.5, 0.6) is 23.0 Å². The van der Waals surface area contributed by atoms with E-state index in [1.165, 1.54) is 74.8 Å². The van der Waals surface area contributed by atoms with Crippen LogP contribution in [0, 0.1) is 13.8 Å². The van der Waals surface area contributed by atoms with E-state index >= 15 is 0 Å². The molecule has 0 aliphatic rings. The number of para-hydroxylation sites is 4. The van der Waals surface area contributed by atoms with Gasteiger partial charge in [-0.2, -0.15) is 36.8 Å². The number of aromatic carboxylic acids is 1. The molecule has 0 atom stereocenters. The molecule has 0 radical (unpaired) electrons. The number of carbonyl (C=O) groups excluding carboxylic acids is 3. The van der Waals surface area contributed by atoms with Crippen molar-refractivity contribution in [3.63, 3.8) is 0 Å². The molecule has 0 fully saturated rings. The summed E-state index contributed by atoms with van der Waals surface area (Å²) in [6, 6.07) is 65.2. The Kier molecular flexibility index (Phi) is 42.8. The molecular weight excluding hydrogens is 1610 g/mol. The molecule has 0 saturated carbocycles. The minimum Gasteiger partial charge on any atom is -1.00 e. The number of fused-ring (bicyclic) bond motifs is 4. The zero-order valence-electron chi connectivity index (χ0n) is 70.1. The van der Waals surface area contributed by atoms with E-state index in [0.717, 1.165) is 65.9 Å². The van der Waals surface area contributed by atoms with Crippen LogP contribution < -0.4 is 60.0 Å². The zero-order valence-corrected chi connectivity index (χ0v) is 70.8. The topological polar surface area (TPSA) is 488 Å². The number of sulfone groups is 2. The first kappa shape index (κ1) is 102. The van der Waals surface area contributed by atoms with Crippen LogP contribution >= 0.6 is 0 Å². The van der Waals surface area contributed by atoms with E-state index in [4.69, 9.17) is 44.6 Å². The minimum atomic E-state index is -3.74. The first-order valence-corrected chi connectivity index (χ1v) is 39.5. The predicted molar refractivity (Wildman–Crippen MR) is 458 cm³/mol. The summed E-state index contributed by atoms with van der Waals surface area (Å²) in [6.07, 6.45) is 7.25. The first-order valence-electron chi connectivity index (χ1n) is 36.2. The van der Waals surface area contributed by atoms with Gasteiger partial charge in [0.15, 0.2) is 31.2 Å². The Balaban J connectivity index is 0.000000402. The van der Waals surface area contributed by atoms with Crippen LogP contribution in [0.2, 0.25) is 0 Å². The number of carboxylic acid groups (broad SMARTS) is 1. The molecule has 644 valence electrons. The standard InChI is InChI=1S/2C24H22N2O4S.C17H16N2O3.C16H14N2O3.3CH5NO2.CH5N.Li.2H2O.H/c2*1-17-7-3-6-10-24(17)31(28,29)16-22(27)18-11-12-20(23(13-18)30-2)15-26-21-9-5-4-8-19(21)14-25-26;1-21-16-9-12(17(20)22-2)7-8-14(16)11-19-15-6-4-3-5-13(15)10-18-19;1-21-15-8-11(16(19)20)6-7-13(15)10-18-14-5-3-2-4-12(14)9-17-18;3*1-2-4-3;1-2;;;;/h2*3-14H,15-16H2,1-2H3;3-10H,11H2,1-2H3;2-9H,10H2,1H3,(H,19,20);3*2-3H,1H3;2H2,1H3;;2*1H2;/q;;;;;;;;+1;;;-1. The molecule has 0 amide bonds. The number of nitrogens with zero attached hydrogens (tertiary/aromatic N) is 8. The summed E-state index contributed by atoms with van der Waals surface area (Å²) in [5.41, 5.74) is 20.6. The van der Waals surface area contributed by atoms with Gasteiger partial charge in [0, 0.05) is 76.1 Å². The van der Waals surface area contributed by atoms with Gasteiger partial charge in [-0.15, -0.1) is 15.0 Å². The van der Waals surface area contributed by atoms with Gasteiger partial charge in [0.25, 0.3) is 0 Å². The SMILES string of the molecule is CN.CNOO.CNOO.CNOO.COC(=O)c1ccc(Cn2ncc3ccccc32)c(OC)c1.COc1cc(C(=O)CS(=O)(=O)c2ccccc2C)ccc1Cn1ncc2ccccc21.COc1cc(C(=O)CS(=O)(=O)c2ccccc2C)ccc1Cn1ncc2ccccc21.COc1cc(C(=O)O)ccc1Cn1ncc2ccccc21.O.O.[H-].[Li+]. The number of Topliss-reactive ketones (excluding diaryl/α,β-unsaturated/α-hetero) is 2. The summed E-state index contributed by atoms with van der Waals surface area (Å²) in [4.78, 5) is 58.3. The molecule has 34 nitrogen and oxygen atoms in total. The number of methoxy groups -OCH3 is 5. The predicted octanol–water partition coefficient (Wildman–Crippen LogP) is 7.66. The molecule has 0 aliphatic carbocycles. The van der Waals surface area contributed by atoms with Crippen LogP contribution in [0.4, 0.5) is 0 Å². The summed E-state index contributed by atoms with van der Waals surface area (Å²) in [6.45, 7) is 5.45. The second-order valence-corrected chi connectivity index (χ2v) is 29.0. The third-order valence-corrected chi connectivity index (χ3v) is 21.3. The third-order valence-electron chi connectivity index (χ3n) is 17.7. The van der Waals surface area contributed by atoms with Crippen LogP contribution in [0.15, 0.2) is 253 Å². The normalized spacial score (nSPS) is 10.4. The van der Waals surface area contributed by atoms with E-state index in [0.29, 0.717) is 77.0 Å². The molecule has 37 heteroatoms. The summed E-state index contributed by atoms with van der Waals surface area (Å²) >= 11 is 0. The first-order chi connectivity index (χ1) is 57.4. The second-order valence-electron chi connectivity index (χ2n) is 25.1. The van der Waals surface area contributed by atoms with Gasteiger partial charge in [0.05, 0.1) is 130 Å². The molecule has 4 aromatic heterocycles. The number of esters is 1. The van der Waals surface area contributed by atoms with E-state index in [1.807, 2.05) is 151 Å². The Hall–Kier alpha value is -12.4. The van der Waals surface area contributed by atoms with Crippen molar-refractivity contribution in [2.45, 2.75) is 49.8 Å². The third kappa shape index (κ3) is 28.1. The molecule has 10 aromatic carbocycles. The summed E-state index contributed by atoms with van der Waals surface area (Å²) in [5, 5.41) is 52.7. The smallest absolute Gasteiger partial charge is 1.00 e. The van der Waals surface area contributed by atoms with Crippen molar-refractivity contribution in [3.8, 4) is 23.0 Å². The number of aryl methyl sites for hydroxylation is 2. The minimum absolute atomic E-state index is 0. The van der Waals surface area contributed by atoms with Gasteiger partial charge in [0.2, 0.25) is 0 Å². The zero-order chi connectivity index (χ0) is 86.6. The number of nitrogens with one attached hydrogen (secondary N) is 3. The molecule has 0 bridgehead atoms. The van der Waals surface area contributed by atoms with Crippen molar-refractivity contribution < 1.29 is 127 Å². The quantitative estimate of drug-likeness (QED) is 0.00894. The van der Waals surface area contributed by atoms with Crippen molar-refractivity contribution in [3.05, 3.63) is 299 Å². The molecule has 0 aliphatic heterocycles. The van der Waals surface area contributed by atoms with Crippen molar-refractivity contribution in [2.75, 3.05) is 75.2 Å². The number of carbonyl (C=O) groups is 4. The Labute approximate surface area is 717 Å². The summed E-state index contributed by atoms with van der Waals surface area (Å²) in [5.74, 6) is -1.27. The summed E-state index contributed by atoms with van der Waals surface area (Å²) < 4.78 is 84.8. The Morgan fingerprint density at radius 2 is 0.623 bits per heavy atom. The molecule has 0 spiro atoms. The fourth-order valence-electron chi connectivity index (χ4n) is 12.0. The fourth-order valence-corrected chi connectivity index (χ4v) is 15.0. The van der Waals surface area contributed by atoms with Gasteiger partial charge in [-0.3, -0.25) is 28.3 Å². The number of aromatic nitrogens is 8. The van der Waals surface area contributed by atoms with Gasteiger partial charge in [-0.1, -0.05) is 146 Å². The van der Waals surface area contributed by atoms with Gasteiger partial charge in [-0.05, 0) is 105 Å². The van der Waals surface area contributed by atoms with Crippen LogP contribution in [0.25, 0.3) is 43.6 Å². The average molecular weight is 1710 g/mol. The van der Waals surface area contributed by atoms with Crippen LogP contribution in [0.1, 0.15) is 76.2 Å². The van der Waals surface area contributed by atoms with Crippen molar-refractivity contribution >= 4 is 86.8 Å². The van der Waals surface area contributed by atoms with E-state index < -0.39 is 48.7 Å². The Morgan fingerprint density at radius 3 is 0.877 bits per heavy atom. The number of benzene rings is 10. The number of nitrogens with two attached hydrogens (primary N) is 1. The number of hydrogen-bond acceptors (Lipinski definition) is 27. The number of hydrogen-bond donors (Lipinski definition) is 8. The van der Waals surface area contributed by atoms with E-state index in [-0.39, 0.29) is 52.6 Å². The molecule has 4 heterocycles. The average Bonchev–Trinajstić information content (AvgIpc) is 1.80. The maximum absolute atomic E-state index is 12.8. The Morgan fingerprint density at radius 1 is 0.385 bits per heavy atom. The van der Waals surface area contributed by atoms with Crippen LogP contribution in [-0.2, 0) is 65.6 Å². The van der Waals surface area contributed by atoms with E-state index in [1.54, 1.807) is 130 Å². The largest absolute Gasteiger partial charge is 1.00 e. The van der Waals surface area contributed by atoms with Crippen molar-refractivity contribution in [1.29, 1.82) is 0 Å². The summed E-state index contributed by atoms with van der Waals surface area (Å²) in [7, 11) is 5.93. The number of hydroxylamine groups is 3. The van der Waals surface area contributed by atoms with Crippen LogP contribution in [0.3, 0.4) is 0 Å². The fraction of sp³-hybridized carbons (Fsp3) is 0.200. The molecule has 13 N–H and O–H groups in total. The molecule has 0 unspecified atom stereocenters. The molecule has 14 aromatic rings. The second kappa shape index (κ2) is 51.3. The van der Waals surface area contributed by atoms with Gasteiger partial charge >= 0.3 is 30.8 Å². The van der Waals surface area contributed by atoms with Crippen molar-refractivity contribution in [1.82, 2.24) is 55.6 Å². The van der Waals surface area contributed by atoms with Gasteiger partial charge in [0.1, 0.15) is 34.5 Å². The van der Waals surface area contributed by atoms with Gasteiger partial charge in [-0.25, -0.2) is 42.2 Å². The van der Waals surface area contributed by atoms with E-state index in [9.17, 15) is 36.0 Å². The van der Waals surface area contributed by atoms with E-state index in [2.05, 4.69) is 41.1 Å². The number of ketones is 2. The number of carboxylic acids is 1. The van der Waals surface area contributed by atoms with Crippen LogP contribution in [-0.4, -0.2) is 187 Å². The Bertz CT molecular complexity index is 5710. The molecule has 14 rings (SSSR count). The molecular formula is C85H99LiN12O22S2. The number of rotatable bonds is 25. The molecule has 0 saturated heterocycles. The maximum Gasteiger partial charge on any atom is 1.00 e. The van der Waals surface area contributed by atoms with Crippen molar-refractivity contribution in [2.24, 2.45) is 5.73 Å². The van der Waals surface area contributed by atoms with Gasteiger partial charge < -0.3 is 46.9 Å². The maximum atomic E-state index is 12.8. The monoisotopic (exact) mass is 1710 g/mol.